The summed E-state index contributed by atoms with van der Waals surface area (Å²) in [5.74, 6) is -1.83. The molecule has 1 aromatic rings. The van der Waals surface area contributed by atoms with E-state index in [0.717, 1.165) is 25.9 Å². The zero-order chi connectivity index (χ0) is 19.4. The van der Waals surface area contributed by atoms with Crippen LogP contribution in [0.25, 0.3) is 0 Å². The first-order valence-electron chi connectivity index (χ1n) is 6.72. The van der Waals surface area contributed by atoms with Crippen molar-refractivity contribution in [3.05, 3.63) is 23.3 Å². The van der Waals surface area contributed by atoms with Crippen LogP contribution in [-0.2, 0) is 15.6 Å². The summed E-state index contributed by atoms with van der Waals surface area (Å²) in [5.41, 5.74) is 0.878. The Balaban J connectivity index is -0.000000781. The number of hydrogen-bond acceptors (Lipinski definition) is 10. The molecule has 16 heteroatoms. The molecule has 10 nitrogen and oxygen atoms in total. The van der Waals surface area contributed by atoms with Crippen molar-refractivity contribution >= 4 is 15.6 Å². The van der Waals surface area contributed by atoms with E-state index in [9.17, 15) is 28.7 Å². The molecule has 0 saturated carbocycles. The Morgan fingerprint density at radius 2 is 1.31 bits per heavy atom. The van der Waals surface area contributed by atoms with Crippen LogP contribution in [0.4, 0.5) is 0 Å². The number of hydrogen-bond donors (Lipinski definition) is 0. The van der Waals surface area contributed by atoms with Crippen LogP contribution in [0.1, 0.15) is 19.4 Å². The van der Waals surface area contributed by atoms with Crippen molar-refractivity contribution in [3.8, 4) is 23.0 Å². The summed E-state index contributed by atoms with van der Waals surface area (Å²) in [6.07, 6.45) is 1.68. The third-order valence-electron chi connectivity index (χ3n) is 2.78. The van der Waals surface area contributed by atoms with Crippen LogP contribution in [0.3, 0.4) is 0 Å². The minimum Gasteiger partial charge on any atom is -0.780 e. The molecule has 29 heavy (non-hydrogen) atoms. The number of allylic oxidation sites excluding steroid dienone is 2. The number of rotatable bonds is 8. The maximum atomic E-state index is 11.0. The first-order chi connectivity index (χ1) is 11.4. The zero-order valence-electron chi connectivity index (χ0n) is 17.8. The second kappa shape index (κ2) is 19.2. The number of phosphoric acid groups is 2. The van der Waals surface area contributed by atoms with Gasteiger partial charge in [0.2, 0.25) is 11.5 Å². The van der Waals surface area contributed by atoms with E-state index < -0.39 is 38.6 Å². The van der Waals surface area contributed by atoms with E-state index in [4.69, 9.17) is 9.47 Å². The van der Waals surface area contributed by atoms with Crippen molar-refractivity contribution in [2.75, 3.05) is 14.2 Å². The Hall–Kier alpha value is 5.01. The Bertz CT molecular complexity index is 758. The van der Waals surface area contributed by atoms with Gasteiger partial charge in [-0.05, 0) is 26.3 Å². The molecule has 1 aromatic carbocycles. The summed E-state index contributed by atoms with van der Waals surface area (Å²) in [6.45, 7) is 3.52. The topological polar surface area (TPSA) is 163 Å². The fourth-order valence-electron chi connectivity index (χ4n) is 1.89. The monoisotopic (exact) mass is 550 g/mol. The summed E-state index contributed by atoms with van der Waals surface area (Å²) >= 11 is 0. The van der Waals surface area contributed by atoms with Crippen molar-refractivity contribution in [1.29, 1.82) is 0 Å². The maximum Gasteiger partial charge on any atom is 1.00 e. The molecule has 142 valence electrons. The molecule has 0 N–H and O–H groups in total. The Morgan fingerprint density at radius 3 is 1.66 bits per heavy atom. The molecule has 0 aliphatic rings. The second-order valence-corrected chi connectivity index (χ2v) is 7.15. The van der Waals surface area contributed by atoms with Gasteiger partial charge in [-0.15, -0.1) is 0 Å². The van der Waals surface area contributed by atoms with Gasteiger partial charge in [-0.25, -0.2) is 0 Å². The molecule has 0 radical (unpaired) electrons. The molecule has 0 aliphatic carbocycles. The van der Waals surface area contributed by atoms with E-state index >= 15 is 0 Å². The summed E-state index contributed by atoms with van der Waals surface area (Å²) < 4.78 is 40.6. The summed E-state index contributed by atoms with van der Waals surface area (Å²) in [6, 6.07) is 1.02. The molecule has 0 atom stereocenters. The number of benzene rings is 1. The van der Waals surface area contributed by atoms with Crippen LogP contribution >= 0.6 is 15.6 Å². The smallest absolute Gasteiger partial charge is 0.780 e. The molecule has 0 heterocycles. The summed E-state index contributed by atoms with van der Waals surface area (Å²) in [5, 5.41) is 0. The largest absolute Gasteiger partial charge is 1.00 e. The third-order valence-corrected chi connectivity index (χ3v) is 3.61. The van der Waals surface area contributed by atoms with Gasteiger partial charge in [0.1, 0.15) is 15.6 Å². The molecule has 0 aromatic heterocycles. The van der Waals surface area contributed by atoms with E-state index in [1.807, 2.05) is 0 Å². The van der Waals surface area contributed by atoms with E-state index in [-0.39, 0.29) is 218 Å². The van der Waals surface area contributed by atoms with Gasteiger partial charge in [0, 0.05) is 5.56 Å². The Kier molecular flexibility index (Phi) is 27.2. The van der Waals surface area contributed by atoms with Crippen LogP contribution in [0, 0.1) is 0 Å². The molecule has 1 rings (SSSR count). The predicted molar refractivity (Wildman–Crippen MR) is 79.2 cm³/mol. The normalized spacial score (nSPS) is 10.1. The fourth-order valence-corrected chi connectivity index (χ4v) is 2.70. The van der Waals surface area contributed by atoms with Gasteiger partial charge < -0.3 is 47.2 Å². The van der Waals surface area contributed by atoms with E-state index in [1.54, 1.807) is 19.9 Å². The van der Waals surface area contributed by atoms with Crippen molar-refractivity contribution in [3.63, 3.8) is 0 Å². The molecular weight excluding hydrogens is 534 g/mol. The SMILES string of the molecule is COc1c(OP(=O)([O-])[O-])cc(CC=C(C)C)c(OP(=O)([O-])[O-])c1OC.[K+].[K+].[K+].[K+]. The van der Waals surface area contributed by atoms with Crippen molar-refractivity contribution in [2.24, 2.45) is 0 Å². The van der Waals surface area contributed by atoms with Crippen LogP contribution in [0.15, 0.2) is 17.7 Å². The number of methoxy groups -OCH3 is 2. The Morgan fingerprint density at radius 1 is 0.862 bits per heavy atom. The van der Waals surface area contributed by atoms with Gasteiger partial charge in [0.25, 0.3) is 0 Å². The number of ether oxygens (including phenoxy) is 2. The van der Waals surface area contributed by atoms with Crippen LogP contribution < -0.4 is 244 Å². The van der Waals surface area contributed by atoms with Crippen molar-refractivity contribution < 1.29 is 253 Å². The average Bonchev–Trinajstić information content (AvgIpc) is 2.43. The van der Waals surface area contributed by atoms with Gasteiger partial charge in [-0.3, -0.25) is 0 Å². The molecule has 0 fully saturated rings. The molecule has 0 saturated heterocycles. The minimum atomic E-state index is -5.46. The first kappa shape index (κ1) is 41.1. The predicted octanol–water partition coefficient (Wildman–Crippen LogP) is -12.4. The van der Waals surface area contributed by atoms with Gasteiger partial charge in [-0.2, -0.15) is 0 Å². The van der Waals surface area contributed by atoms with Crippen LogP contribution in [-0.4, -0.2) is 14.2 Å². The minimum absolute atomic E-state index is 0. The summed E-state index contributed by atoms with van der Waals surface area (Å²) in [4.78, 5) is 43.9. The molecule has 0 aliphatic heterocycles. The second-order valence-electron chi connectivity index (χ2n) is 4.99. The van der Waals surface area contributed by atoms with Crippen LogP contribution in [0.2, 0.25) is 0 Å². The van der Waals surface area contributed by atoms with E-state index in [1.165, 1.54) is 0 Å². The third kappa shape index (κ3) is 16.4. The first-order valence-corrected chi connectivity index (χ1v) is 9.64. The quantitative estimate of drug-likeness (QED) is 0.172. The van der Waals surface area contributed by atoms with E-state index in [2.05, 4.69) is 9.05 Å². The van der Waals surface area contributed by atoms with Gasteiger partial charge in [-0.1, -0.05) is 11.6 Å². The number of phosphoric ester groups is 2. The molecule has 0 amide bonds. The Labute approximate surface area is 340 Å². The standard InChI is InChI=1S/C13H20O10P2.4K/c1-8(2)5-6-9-7-10(22-24(14,15)16)12(20-3)13(21-4)11(9)23-25(17,18)19;;;;/h5,7H,6H2,1-4H3,(H2,14,15,16)(H2,17,18,19);;;;/q;4*+1/p-4. The zero-order valence-corrected chi connectivity index (χ0v) is 32.1. The van der Waals surface area contributed by atoms with Crippen molar-refractivity contribution in [2.45, 2.75) is 20.3 Å². The van der Waals surface area contributed by atoms with Crippen molar-refractivity contribution in [1.82, 2.24) is 0 Å². The average molecular weight is 551 g/mol. The molecule has 0 unspecified atom stereocenters. The van der Waals surface area contributed by atoms with E-state index in [0.29, 0.717) is 0 Å². The van der Waals surface area contributed by atoms with Gasteiger partial charge in [0.15, 0.2) is 11.5 Å². The van der Waals surface area contributed by atoms with Crippen LogP contribution in [0.5, 0.6) is 23.0 Å². The fraction of sp³-hybridized carbons (Fsp3) is 0.385. The maximum absolute atomic E-state index is 11.0. The summed E-state index contributed by atoms with van der Waals surface area (Å²) in [7, 11) is -8.70. The molecule has 0 spiro atoms. The molecule has 0 bridgehead atoms. The van der Waals surface area contributed by atoms with Gasteiger partial charge >= 0.3 is 206 Å². The van der Waals surface area contributed by atoms with Gasteiger partial charge in [0.05, 0.1) is 14.2 Å². The molecular formula is C13H16K4O10P2.